The minimum Gasteiger partial charge on any atom is -0.307 e. The highest BCUT2D eigenvalue weighted by Gasteiger charge is 2.07. The van der Waals surface area contributed by atoms with E-state index in [1.807, 2.05) is 20.6 Å². The topological polar surface area (TPSA) is 17.1 Å². The highest BCUT2D eigenvalue weighted by Crippen LogP contribution is 2.22. The first-order chi connectivity index (χ1) is 10.8. The van der Waals surface area contributed by atoms with Crippen LogP contribution in [0.5, 0.6) is 0 Å². The Hall–Kier alpha value is -1.11. The van der Waals surface area contributed by atoms with E-state index < -0.39 is 0 Å². The molecule has 0 atom stereocenters. The summed E-state index contributed by atoms with van der Waals surface area (Å²) >= 11 is 0. The van der Waals surface area contributed by atoms with Crippen LogP contribution < -0.4 is 0 Å². The Morgan fingerprint density at radius 3 is 1.95 bits per heavy atom. The molecule has 1 saturated carbocycles. The largest absolute Gasteiger partial charge is 0.307 e. The fraction of sp³-hybridized carbons (Fsp3) is 0.667. The first-order valence-corrected chi connectivity index (χ1v) is 9.13. The summed E-state index contributed by atoms with van der Waals surface area (Å²) in [6, 6.07) is 6.86. The summed E-state index contributed by atoms with van der Waals surface area (Å²) in [5, 5.41) is 0. The minimum absolute atomic E-state index is 0. The van der Waals surface area contributed by atoms with Gasteiger partial charge in [-0.15, -0.1) is 0 Å². The lowest BCUT2D eigenvalue weighted by Gasteiger charge is -2.15. The van der Waals surface area contributed by atoms with Crippen molar-refractivity contribution >= 4 is 6.79 Å². The number of hydrogen-bond acceptors (Lipinski definition) is 1. The lowest BCUT2D eigenvalue weighted by Crippen LogP contribution is -2.01. The molecule has 2 aliphatic rings. The second-order valence-electron chi connectivity index (χ2n) is 6.22. The van der Waals surface area contributed by atoms with Crippen LogP contribution in [0.1, 0.15) is 83.8 Å². The van der Waals surface area contributed by atoms with Gasteiger partial charge in [0.2, 0.25) is 0 Å². The third kappa shape index (κ3) is 8.36. The van der Waals surface area contributed by atoms with E-state index in [0.29, 0.717) is 0 Å². The number of benzene rings is 1. The Labute approximate surface area is 140 Å². The molecule has 0 N–H and O–H groups in total. The van der Waals surface area contributed by atoms with Crippen molar-refractivity contribution in [3.8, 4) is 0 Å². The molecular weight excluding hydrogens is 268 g/mol. The average molecular weight is 307 g/mol. The summed E-state index contributed by atoms with van der Waals surface area (Å²) in [6.45, 7) is 10.5. The highest BCUT2D eigenvalue weighted by molar-refractivity contribution is 5.33. The molecule has 0 saturated heterocycles. The number of carbonyl (C=O) groups excluding carboxylic acids is 1. The number of rotatable bonds is 0. The van der Waals surface area contributed by atoms with Gasteiger partial charge in [0.15, 0.2) is 0 Å². The molecule has 0 unspecified atom stereocenters. The molecule has 1 fully saturated rings. The summed E-state index contributed by atoms with van der Waals surface area (Å²) in [7, 11) is 0. The maximum atomic E-state index is 8.00. The Kier molecular flexibility index (Phi) is 12.9. The van der Waals surface area contributed by atoms with Gasteiger partial charge < -0.3 is 4.79 Å². The fourth-order valence-electron chi connectivity index (χ4n) is 3.17. The van der Waals surface area contributed by atoms with E-state index in [9.17, 15) is 0 Å². The molecule has 2 aliphatic carbocycles. The SMILES string of the molecule is C=O.CC.CC1CCCCC1.Cc1ccc2c(c1)CCCC2.[HH]. The van der Waals surface area contributed by atoms with Gasteiger partial charge in [-0.1, -0.05) is 76.6 Å². The highest BCUT2D eigenvalue weighted by atomic mass is 16.1. The van der Waals surface area contributed by atoms with Gasteiger partial charge in [0.05, 0.1) is 0 Å². The predicted molar refractivity (Wildman–Crippen MR) is 101 cm³/mol. The van der Waals surface area contributed by atoms with Crippen molar-refractivity contribution in [2.45, 2.75) is 85.5 Å². The smallest absolute Gasteiger partial charge is 0.106 e. The standard InChI is InChI=1S/C11H14.C7H14.C2H6.CH2O.H2/c1-9-6-7-10-4-2-3-5-11(10)8-9;1-7-5-3-2-4-6-7;2*1-2;/h6-8H,2-5H2,1H3;7H,2-6H2,1H3;1-2H3;1H2;1H. The van der Waals surface area contributed by atoms with Gasteiger partial charge in [0, 0.05) is 1.43 Å². The zero-order valence-corrected chi connectivity index (χ0v) is 15.3. The van der Waals surface area contributed by atoms with Crippen LogP contribution in [0.4, 0.5) is 0 Å². The number of aryl methyl sites for hydroxylation is 3. The van der Waals surface area contributed by atoms with E-state index in [0.717, 1.165) is 5.92 Å². The zero-order chi connectivity index (χ0) is 16.8. The Morgan fingerprint density at radius 2 is 1.45 bits per heavy atom. The van der Waals surface area contributed by atoms with E-state index in [1.54, 1.807) is 11.1 Å². The van der Waals surface area contributed by atoms with Gasteiger partial charge in [-0.3, -0.25) is 0 Å². The molecular formula is C21H38O. The monoisotopic (exact) mass is 306 g/mol. The fourth-order valence-corrected chi connectivity index (χ4v) is 3.17. The van der Waals surface area contributed by atoms with E-state index in [-0.39, 0.29) is 1.43 Å². The summed E-state index contributed by atoms with van der Waals surface area (Å²) in [6.07, 6.45) is 12.8. The minimum atomic E-state index is 0. The van der Waals surface area contributed by atoms with Crippen LogP contribution in [0, 0.1) is 12.8 Å². The van der Waals surface area contributed by atoms with Crippen molar-refractivity contribution in [1.82, 2.24) is 0 Å². The van der Waals surface area contributed by atoms with Gasteiger partial charge in [-0.05, 0) is 49.7 Å². The van der Waals surface area contributed by atoms with Gasteiger partial charge in [0.1, 0.15) is 6.79 Å². The molecule has 1 aromatic carbocycles. The molecule has 1 aromatic rings. The van der Waals surface area contributed by atoms with Crippen LogP contribution in [-0.4, -0.2) is 6.79 Å². The molecule has 1 nitrogen and oxygen atoms in total. The van der Waals surface area contributed by atoms with Gasteiger partial charge in [-0.2, -0.15) is 0 Å². The number of carbonyl (C=O) groups is 1. The van der Waals surface area contributed by atoms with Crippen LogP contribution in [0.15, 0.2) is 18.2 Å². The second kappa shape index (κ2) is 13.5. The molecule has 1 heteroatoms. The molecule has 3 rings (SSSR count). The summed E-state index contributed by atoms with van der Waals surface area (Å²) < 4.78 is 0. The van der Waals surface area contributed by atoms with E-state index in [4.69, 9.17) is 4.79 Å². The number of hydrogen-bond donors (Lipinski definition) is 0. The molecule has 22 heavy (non-hydrogen) atoms. The second-order valence-corrected chi connectivity index (χ2v) is 6.22. The lowest BCUT2D eigenvalue weighted by molar-refractivity contribution is -0.0979. The van der Waals surface area contributed by atoms with Crippen LogP contribution in [0.3, 0.4) is 0 Å². The van der Waals surface area contributed by atoms with Gasteiger partial charge >= 0.3 is 0 Å². The van der Waals surface area contributed by atoms with Crippen molar-refractivity contribution < 1.29 is 6.22 Å². The molecule has 0 radical (unpaired) electrons. The third-order valence-corrected chi connectivity index (χ3v) is 4.40. The molecule has 0 heterocycles. The van der Waals surface area contributed by atoms with Crippen LogP contribution >= 0.6 is 0 Å². The van der Waals surface area contributed by atoms with Crippen molar-refractivity contribution in [3.05, 3.63) is 34.9 Å². The van der Waals surface area contributed by atoms with Gasteiger partial charge in [0.25, 0.3) is 0 Å². The Morgan fingerprint density at radius 1 is 0.909 bits per heavy atom. The van der Waals surface area contributed by atoms with E-state index in [1.165, 1.54) is 63.4 Å². The van der Waals surface area contributed by atoms with E-state index in [2.05, 4.69) is 32.0 Å². The normalized spacial score (nSPS) is 16.5. The molecule has 128 valence electrons. The Bertz CT molecular complexity index is 383. The number of fused-ring (bicyclic) bond motifs is 1. The predicted octanol–water partition coefficient (Wildman–Crippen LogP) is 6.55. The van der Waals surface area contributed by atoms with E-state index >= 15 is 0 Å². The summed E-state index contributed by atoms with van der Waals surface area (Å²) in [4.78, 5) is 8.00. The van der Waals surface area contributed by atoms with Crippen LogP contribution in [0.2, 0.25) is 0 Å². The molecule has 0 amide bonds. The maximum Gasteiger partial charge on any atom is 0.106 e. The van der Waals surface area contributed by atoms with Crippen LogP contribution in [-0.2, 0) is 17.6 Å². The summed E-state index contributed by atoms with van der Waals surface area (Å²) in [5.74, 6) is 1.04. The maximum absolute atomic E-state index is 8.00. The molecule has 0 aromatic heterocycles. The first kappa shape index (κ1) is 20.9. The third-order valence-electron chi connectivity index (χ3n) is 4.40. The van der Waals surface area contributed by atoms with Gasteiger partial charge in [-0.25, -0.2) is 0 Å². The lowest BCUT2D eigenvalue weighted by atomic mass is 9.91. The average Bonchev–Trinajstić information content (AvgIpc) is 2.60. The molecule has 0 aliphatic heterocycles. The summed E-state index contributed by atoms with van der Waals surface area (Å²) in [5.41, 5.74) is 4.59. The molecule has 0 bridgehead atoms. The Balaban J connectivity index is 0. The van der Waals surface area contributed by atoms with Crippen molar-refractivity contribution in [1.29, 1.82) is 0 Å². The van der Waals surface area contributed by atoms with Crippen LogP contribution in [0.25, 0.3) is 0 Å². The van der Waals surface area contributed by atoms with Crippen molar-refractivity contribution in [3.63, 3.8) is 0 Å². The quantitative estimate of drug-likeness (QED) is 0.531. The van der Waals surface area contributed by atoms with Crippen molar-refractivity contribution in [2.24, 2.45) is 5.92 Å². The zero-order valence-electron chi connectivity index (χ0n) is 15.3. The van der Waals surface area contributed by atoms with Crippen molar-refractivity contribution in [2.75, 3.05) is 0 Å². The first-order valence-electron chi connectivity index (χ1n) is 9.13. The molecule has 0 spiro atoms.